The zero-order chi connectivity index (χ0) is 20.6. The van der Waals surface area contributed by atoms with Crippen LogP contribution in [0, 0.1) is 0 Å². The van der Waals surface area contributed by atoms with Gasteiger partial charge in [0, 0.05) is 38.0 Å². The van der Waals surface area contributed by atoms with Gasteiger partial charge in [0.05, 0.1) is 6.54 Å². The van der Waals surface area contributed by atoms with Gasteiger partial charge in [-0.05, 0) is 31.9 Å². The maximum absolute atomic E-state index is 5.60. The molecule has 0 aliphatic carbocycles. The van der Waals surface area contributed by atoms with E-state index in [1.807, 2.05) is 30.3 Å². The second-order valence-electron chi connectivity index (χ2n) is 7.38. The van der Waals surface area contributed by atoms with Gasteiger partial charge in [-0.15, -0.1) is 34.2 Å². The molecule has 3 heterocycles. The lowest BCUT2D eigenvalue weighted by Gasteiger charge is -2.11. The Morgan fingerprint density at radius 1 is 1.13 bits per heavy atom. The van der Waals surface area contributed by atoms with Crippen LogP contribution in [0.4, 0.5) is 0 Å². The molecule has 0 atom stereocenters. The third-order valence-corrected chi connectivity index (χ3v) is 5.14. The first kappa shape index (κ1) is 23.2. The lowest BCUT2D eigenvalue weighted by atomic mass is 10.2. The molecule has 0 bridgehead atoms. The highest BCUT2D eigenvalue weighted by molar-refractivity contribution is 14.0. The zero-order valence-corrected chi connectivity index (χ0v) is 20.2. The molecule has 2 N–H and O–H groups in total. The van der Waals surface area contributed by atoms with Crippen molar-refractivity contribution in [1.82, 2.24) is 30.4 Å². The van der Waals surface area contributed by atoms with Crippen LogP contribution in [0.3, 0.4) is 0 Å². The molecule has 0 saturated heterocycles. The Balaban J connectivity index is 0.00000272. The molecule has 4 rings (SSSR count). The van der Waals surface area contributed by atoms with E-state index in [1.165, 1.54) is 19.3 Å². The highest BCUT2D eigenvalue weighted by Crippen LogP contribution is 2.18. The molecule has 31 heavy (non-hydrogen) atoms. The van der Waals surface area contributed by atoms with Crippen LogP contribution in [0.15, 0.2) is 46.0 Å². The lowest BCUT2D eigenvalue weighted by molar-refractivity contribution is 0.572. The number of nitrogens with zero attached hydrogens (tertiary/aromatic N) is 5. The maximum Gasteiger partial charge on any atom is 0.226 e. The fraction of sp³-hybridized carbons (Fsp3) is 0.455. The molecule has 0 unspecified atom stereocenters. The Kier molecular flexibility index (Phi) is 8.86. The summed E-state index contributed by atoms with van der Waals surface area (Å²) in [5.41, 5.74) is 1.76. The van der Waals surface area contributed by atoms with Crippen molar-refractivity contribution in [1.29, 1.82) is 0 Å². The second kappa shape index (κ2) is 11.8. The molecule has 3 aromatic rings. The fourth-order valence-corrected chi connectivity index (χ4v) is 3.62. The van der Waals surface area contributed by atoms with Gasteiger partial charge < -0.3 is 19.6 Å². The quantitative estimate of drug-likeness (QED) is 0.273. The molecule has 9 heteroatoms. The first-order chi connectivity index (χ1) is 14.8. The minimum Gasteiger partial charge on any atom is -0.444 e. The van der Waals surface area contributed by atoms with Crippen molar-refractivity contribution in [3.63, 3.8) is 0 Å². The molecule has 1 aliphatic heterocycles. The smallest absolute Gasteiger partial charge is 0.226 e. The summed E-state index contributed by atoms with van der Waals surface area (Å²) >= 11 is 0. The van der Waals surface area contributed by atoms with Crippen LogP contribution in [0.5, 0.6) is 0 Å². The number of aryl methyl sites for hydroxylation is 1. The number of aliphatic imine (C=N–C) groups is 1. The number of guanidine groups is 1. The van der Waals surface area contributed by atoms with Crippen molar-refractivity contribution >= 4 is 29.9 Å². The molecule has 8 nitrogen and oxygen atoms in total. The number of halogens is 1. The van der Waals surface area contributed by atoms with E-state index in [1.54, 1.807) is 6.26 Å². The van der Waals surface area contributed by atoms with Crippen LogP contribution in [0.25, 0.3) is 11.5 Å². The number of rotatable bonds is 7. The van der Waals surface area contributed by atoms with Gasteiger partial charge in [-0.25, -0.2) is 9.98 Å². The monoisotopic (exact) mass is 535 g/mol. The van der Waals surface area contributed by atoms with Gasteiger partial charge in [0.15, 0.2) is 5.96 Å². The van der Waals surface area contributed by atoms with Crippen LogP contribution >= 0.6 is 24.0 Å². The van der Waals surface area contributed by atoms with E-state index in [-0.39, 0.29) is 24.0 Å². The molecule has 0 saturated carbocycles. The van der Waals surface area contributed by atoms with Crippen LogP contribution in [0.1, 0.15) is 43.5 Å². The van der Waals surface area contributed by atoms with E-state index in [0.717, 1.165) is 61.3 Å². The summed E-state index contributed by atoms with van der Waals surface area (Å²) in [6.07, 6.45) is 7.21. The molecule has 0 spiro atoms. The van der Waals surface area contributed by atoms with Crippen LogP contribution in [0.2, 0.25) is 0 Å². The summed E-state index contributed by atoms with van der Waals surface area (Å²) in [4.78, 5) is 9.18. The number of oxazole rings is 1. The van der Waals surface area contributed by atoms with Gasteiger partial charge in [-0.1, -0.05) is 24.6 Å². The van der Waals surface area contributed by atoms with Gasteiger partial charge in [0.25, 0.3) is 0 Å². The first-order valence-electron chi connectivity index (χ1n) is 10.8. The number of hydrogen-bond donors (Lipinski definition) is 2. The van der Waals surface area contributed by atoms with Gasteiger partial charge in [-0.3, -0.25) is 0 Å². The average molecular weight is 535 g/mol. The van der Waals surface area contributed by atoms with E-state index < -0.39 is 0 Å². The SMILES string of the molecule is CCNC(=NCc1coc(-c2ccccc2)n1)NCCc1nnc2n1CCCCC2.I. The maximum atomic E-state index is 5.60. The molecule has 0 fully saturated rings. The summed E-state index contributed by atoms with van der Waals surface area (Å²) in [7, 11) is 0. The van der Waals surface area contributed by atoms with Crippen LogP contribution < -0.4 is 10.6 Å². The number of nitrogens with one attached hydrogen (secondary N) is 2. The normalized spacial score (nSPS) is 13.8. The Morgan fingerprint density at radius 3 is 2.84 bits per heavy atom. The predicted octanol–water partition coefficient (Wildman–Crippen LogP) is 3.58. The van der Waals surface area contributed by atoms with Crippen molar-refractivity contribution in [2.75, 3.05) is 13.1 Å². The largest absolute Gasteiger partial charge is 0.444 e. The number of aromatic nitrogens is 4. The molecular weight excluding hydrogens is 505 g/mol. The summed E-state index contributed by atoms with van der Waals surface area (Å²) in [6.45, 7) is 5.07. The summed E-state index contributed by atoms with van der Waals surface area (Å²) in [5.74, 6) is 3.56. The van der Waals surface area contributed by atoms with Crippen molar-refractivity contribution in [3.8, 4) is 11.5 Å². The van der Waals surface area contributed by atoms with Gasteiger partial charge >= 0.3 is 0 Å². The Hall–Kier alpha value is -2.43. The molecule has 1 aromatic carbocycles. The number of benzene rings is 1. The van der Waals surface area contributed by atoms with Gasteiger partial charge in [0.1, 0.15) is 23.6 Å². The number of fused-ring (bicyclic) bond motifs is 1. The molecule has 1 aliphatic rings. The molecule has 0 amide bonds. The highest BCUT2D eigenvalue weighted by atomic mass is 127. The van der Waals surface area contributed by atoms with E-state index in [0.29, 0.717) is 12.4 Å². The van der Waals surface area contributed by atoms with Gasteiger partial charge in [-0.2, -0.15) is 0 Å². The van der Waals surface area contributed by atoms with Crippen molar-refractivity contribution in [2.45, 2.75) is 52.1 Å². The topological polar surface area (TPSA) is 93.2 Å². The molecule has 0 radical (unpaired) electrons. The van der Waals surface area contributed by atoms with E-state index in [9.17, 15) is 0 Å². The minimum atomic E-state index is 0. The predicted molar refractivity (Wildman–Crippen MR) is 131 cm³/mol. The Bertz CT molecular complexity index is 967. The van der Waals surface area contributed by atoms with E-state index in [4.69, 9.17) is 4.42 Å². The third-order valence-electron chi connectivity index (χ3n) is 5.14. The molecular formula is C22H30IN7O. The summed E-state index contributed by atoms with van der Waals surface area (Å²) in [5, 5.41) is 15.4. The minimum absolute atomic E-state index is 0. The second-order valence-corrected chi connectivity index (χ2v) is 7.38. The third kappa shape index (κ3) is 6.28. The van der Waals surface area contributed by atoms with Gasteiger partial charge in [0.2, 0.25) is 5.89 Å². The Morgan fingerprint density at radius 2 is 2.00 bits per heavy atom. The van der Waals surface area contributed by atoms with E-state index >= 15 is 0 Å². The molecule has 2 aromatic heterocycles. The average Bonchev–Trinajstić information content (AvgIpc) is 3.33. The zero-order valence-electron chi connectivity index (χ0n) is 17.9. The van der Waals surface area contributed by atoms with Crippen LogP contribution in [-0.4, -0.2) is 38.8 Å². The fourth-order valence-electron chi connectivity index (χ4n) is 3.62. The van der Waals surface area contributed by atoms with Crippen molar-refractivity contribution in [2.24, 2.45) is 4.99 Å². The Labute approximate surface area is 200 Å². The highest BCUT2D eigenvalue weighted by Gasteiger charge is 2.14. The molecule has 166 valence electrons. The lowest BCUT2D eigenvalue weighted by Crippen LogP contribution is -2.38. The summed E-state index contributed by atoms with van der Waals surface area (Å²) in [6, 6.07) is 9.88. The van der Waals surface area contributed by atoms with Crippen molar-refractivity contribution < 1.29 is 4.42 Å². The first-order valence-corrected chi connectivity index (χ1v) is 10.8. The summed E-state index contributed by atoms with van der Waals surface area (Å²) < 4.78 is 7.89. The number of hydrogen-bond acceptors (Lipinski definition) is 5. The van der Waals surface area contributed by atoms with Crippen molar-refractivity contribution in [3.05, 3.63) is 53.9 Å². The standard InChI is InChI=1S/C22H29N7O.HI/c1-2-23-22(24-13-12-20-28-27-19-11-7-4-8-14-29(19)20)25-15-18-16-30-21(26-18)17-9-5-3-6-10-17;/h3,5-6,9-10,16H,2,4,7-8,11-15H2,1H3,(H2,23,24,25);1H. The van der Waals surface area contributed by atoms with Crippen LogP contribution in [-0.2, 0) is 25.9 Å². The van der Waals surface area contributed by atoms with E-state index in [2.05, 4.69) is 42.3 Å².